The average molecular weight is 341 g/mol. The van der Waals surface area contributed by atoms with Crippen LogP contribution in [-0.4, -0.2) is 37.3 Å². The van der Waals surface area contributed by atoms with Crippen molar-refractivity contribution in [3.63, 3.8) is 0 Å². The van der Waals surface area contributed by atoms with Crippen molar-refractivity contribution in [2.24, 2.45) is 5.92 Å². The Labute approximate surface area is 128 Å². The van der Waals surface area contributed by atoms with Crippen LogP contribution in [0.3, 0.4) is 0 Å². The molecular formula is C15H21BrN2O2. The van der Waals surface area contributed by atoms with Crippen molar-refractivity contribution >= 4 is 33.2 Å². The molecule has 1 unspecified atom stereocenters. The molecule has 110 valence electrons. The van der Waals surface area contributed by atoms with Crippen molar-refractivity contribution in [1.29, 1.82) is 0 Å². The fraction of sp³-hybridized carbons (Fsp3) is 0.533. The first-order chi connectivity index (χ1) is 9.56. The van der Waals surface area contributed by atoms with Gasteiger partial charge in [0.2, 0.25) is 5.91 Å². The lowest BCUT2D eigenvalue weighted by atomic mass is 10.1. The maximum absolute atomic E-state index is 12.4. The highest BCUT2D eigenvalue weighted by Gasteiger charge is 2.26. The number of carbonyl (C=O) groups is 1. The molecule has 1 aliphatic rings. The lowest BCUT2D eigenvalue weighted by Crippen LogP contribution is -2.35. The number of halogens is 1. The second-order valence-electron chi connectivity index (χ2n) is 5.25. The summed E-state index contributed by atoms with van der Waals surface area (Å²) in [6.45, 7) is 6.32. The minimum atomic E-state index is 0.0685. The van der Waals surface area contributed by atoms with Gasteiger partial charge in [0.25, 0.3) is 0 Å². The molecule has 1 aliphatic heterocycles. The fourth-order valence-electron chi connectivity index (χ4n) is 2.50. The molecule has 0 fully saturated rings. The number of amides is 1. The largest absolute Gasteiger partial charge is 0.396 e. The lowest BCUT2D eigenvalue weighted by molar-refractivity contribution is -0.118. The summed E-state index contributed by atoms with van der Waals surface area (Å²) in [5.41, 5.74) is 2.02. The number of rotatable bonds is 4. The maximum Gasteiger partial charge on any atom is 0.228 e. The number of anilines is 2. The molecule has 0 aromatic heterocycles. The standard InChI is InChI=1S/C15H21BrN2O2/c1-3-17-7-6-15(20)18(9-11(2)10-19)14-8-12(16)4-5-13(14)17/h4-5,8,11,19H,3,6-7,9-10H2,1-2H3. The second-order valence-corrected chi connectivity index (χ2v) is 6.17. The van der Waals surface area contributed by atoms with Gasteiger partial charge in [-0.2, -0.15) is 0 Å². The molecule has 1 aromatic carbocycles. The summed E-state index contributed by atoms with van der Waals surface area (Å²) in [6.07, 6.45) is 0.512. The van der Waals surface area contributed by atoms with E-state index in [9.17, 15) is 9.90 Å². The summed E-state index contributed by atoms with van der Waals surface area (Å²) >= 11 is 3.48. The third kappa shape index (κ3) is 3.15. The molecule has 4 nitrogen and oxygen atoms in total. The van der Waals surface area contributed by atoms with Gasteiger partial charge in [-0.15, -0.1) is 0 Å². The molecule has 0 saturated carbocycles. The molecular weight excluding hydrogens is 320 g/mol. The number of aliphatic hydroxyl groups excluding tert-OH is 1. The van der Waals surface area contributed by atoms with Crippen molar-refractivity contribution in [1.82, 2.24) is 0 Å². The number of hydrogen-bond acceptors (Lipinski definition) is 3. The first kappa shape index (κ1) is 15.3. The molecule has 0 aliphatic carbocycles. The van der Waals surface area contributed by atoms with Crippen molar-refractivity contribution in [3.8, 4) is 0 Å². The van der Waals surface area contributed by atoms with Gasteiger partial charge in [-0.05, 0) is 31.0 Å². The Morgan fingerprint density at radius 3 is 2.80 bits per heavy atom. The number of aliphatic hydroxyl groups is 1. The summed E-state index contributed by atoms with van der Waals surface area (Å²) in [5.74, 6) is 0.194. The van der Waals surface area contributed by atoms with E-state index >= 15 is 0 Å². The van der Waals surface area contributed by atoms with Gasteiger partial charge in [0, 0.05) is 37.1 Å². The van der Waals surface area contributed by atoms with E-state index in [-0.39, 0.29) is 18.4 Å². The highest BCUT2D eigenvalue weighted by atomic mass is 79.9. The molecule has 0 radical (unpaired) electrons. The van der Waals surface area contributed by atoms with Gasteiger partial charge in [0.05, 0.1) is 11.4 Å². The summed E-state index contributed by atoms with van der Waals surface area (Å²) < 4.78 is 0.962. The minimum Gasteiger partial charge on any atom is -0.396 e. The Balaban J connectivity index is 2.44. The van der Waals surface area contributed by atoms with Crippen molar-refractivity contribution in [2.45, 2.75) is 20.3 Å². The minimum absolute atomic E-state index is 0.0685. The van der Waals surface area contributed by atoms with E-state index in [1.54, 1.807) is 0 Å². The predicted molar refractivity (Wildman–Crippen MR) is 85.2 cm³/mol. The molecule has 2 rings (SSSR count). The molecule has 1 heterocycles. The van der Waals surface area contributed by atoms with Crippen LogP contribution in [0, 0.1) is 5.92 Å². The monoisotopic (exact) mass is 340 g/mol. The molecule has 1 atom stereocenters. The fourth-order valence-corrected chi connectivity index (χ4v) is 2.85. The van der Waals surface area contributed by atoms with E-state index in [0.717, 1.165) is 28.9 Å². The van der Waals surface area contributed by atoms with E-state index in [2.05, 4.69) is 33.8 Å². The number of fused-ring (bicyclic) bond motifs is 1. The Bertz CT molecular complexity index is 493. The van der Waals surface area contributed by atoms with Gasteiger partial charge in [-0.25, -0.2) is 0 Å². The maximum atomic E-state index is 12.4. The molecule has 1 amide bonds. The lowest BCUT2D eigenvalue weighted by Gasteiger charge is -2.27. The zero-order valence-electron chi connectivity index (χ0n) is 12.0. The Hall–Kier alpha value is -1.07. The number of benzene rings is 1. The SMILES string of the molecule is CCN1CCC(=O)N(CC(C)CO)c2cc(Br)ccc21. The van der Waals surface area contributed by atoms with Crippen LogP contribution < -0.4 is 9.80 Å². The van der Waals surface area contributed by atoms with Crippen LogP contribution in [0.25, 0.3) is 0 Å². The highest BCUT2D eigenvalue weighted by molar-refractivity contribution is 9.10. The van der Waals surface area contributed by atoms with Gasteiger partial charge < -0.3 is 14.9 Å². The zero-order valence-corrected chi connectivity index (χ0v) is 13.6. The molecule has 0 spiro atoms. The quantitative estimate of drug-likeness (QED) is 0.916. The normalized spacial score (nSPS) is 16.9. The summed E-state index contributed by atoms with van der Waals surface area (Å²) in [5, 5.41) is 9.27. The van der Waals surface area contributed by atoms with Gasteiger partial charge in [0.15, 0.2) is 0 Å². The number of hydrogen-bond donors (Lipinski definition) is 1. The van der Waals surface area contributed by atoms with Crippen molar-refractivity contribution in [2.75, 3.05) is 36.0 Å². The summed E-state index contributed by atoms with van der Waals surface area (Å²) in [6, 6.07) is 6.05. The van der Waals surface area contributed by atoms with Crippen LogP contribution in [0.2, 0.25) is 0 Å². The summed E-state index contributed by atoms with van der Waals surface area (Å²) in [4.78, 5) is 16.4. The average Bonchev–Trinajstić information content (AvgIpc) is 2.57. The van der Waals surface area contributed by atoms with E-state index in [0.29, 0.717) is 13.0 Å². The van der Waals surface area contributed by atoms with Crippen molar-refractivity contribution in [3.05, 3.63) is 22.7 Å². The van der Waals surface area contributed by atoms with Crippen LogP contribution in [0.1, 0.15) is 20.3 Å². The molecule has 0 saturated heterocycles. The molecule has 1 N–H and O–H groups in total. The van der Waals surface area contributed by atoms with Gasteiger partial charge in [-0.1, -0.05) is 22.9 Å². The van der Waals surface area contributed by atoms with Crippen LogP contribution in [0.4, 0.5) is 11.4 Å². The first-order valence-electron chi connectivity index (χ1n) is 7.02. The van der Waals surface area contributed by atoms with Gasteiger partial charge in [0.1, 0.15) is 0 Å². The first-order valence-corrected chi connectivity index (χ1v) is 7.81. The third-order valence-electron chi connectivity index (χ3n) is 3.65. The van der Waals surface area contributed by atoms with Gasteiger partial charge >= 0.3 is 0 Å². The third-order valence-corrected chi connectivity index (χ3v) is 4.15. The van der Waals surface area contributed by atoms with Crippen LogP contribution in [0.5, 0.6) is 0 Å². The van der Waals surface area contributed by atoms with E-state index < -0.39 is 0 Å². The number of nitrogens with zero attached hydrogens (tertiary/aromatic N) is 2. The number of carbonyl (C=O) groups excluding carboxylic acids is 1. The van der Waals surface area contributed by atoms with Crippen LogP contribution in [-0.2, 0) is 4.79 Å². The molecule has 20 heavy (non-hydrogen) atoms. The Kier molecular flexibility index (Phi) is 5.05. The zero-order chi connectivity index (χ0) is 14.7. The molecule has 5 heteroatoms. The van der Waals surface area contributed by atoms with E-state index in [4.69, 9.17) is 0 Å². The molecule has 0 bridgehead atoms. The second kappa shape index (κ2) is 6.59. The predicted octanol–water partition coefficient (Wildman–Crippen LogP) is 2.64. The topological polar surface area (TPSA) is 43.8 Å². The Morgan fingerprint density at radius 1 is 1.40 bits per heavy atom. The Morgan fingerprint density at radius 2 is 2.15 bits per heavy atom. The van der Waals surface area contributed by atoms with E-state index in [1.807, 2.05) is 24.0 Å². The van der Waals surface area contributed by atoms with Crippen LogP contribution in [0.15, 0.2) is 22.7 Å². The van der Waals surface area contributed by atoms with Crippen LogP contribution >= 0.6 is 15.9 Å². The highest BCUT2D eigenvalue weighted by Crippen LogP contribution is 2.35. The van der Waals surface area contributed by atoms with Crippen molar-refractivity contribution < 1.29 is 9.90 Å². The van der Waals surface area contributed by atoms with E-state index in [1.165, 1.54) is 0 Å². The van der Waals surface area contributed by atoms with Gasteiger partial charge in [-0.3, -0.25) is 4.79 Å². The smallest absolute Gasteiger partial charge is 0.228 e. The summed E-state index contributed by atoms with van der Waals surface area (Å²) in [7, 11) is 0. The molecule has 1 aromatic rings.